The maximum Gasteiger partial charge on any atom is 0.250 e. The van der Waals surface area contributed by atoms with Crippen LogP contribution in [0.1, 0.15) is 36.1 Å². The Kier molecular flexibility index (Phi) is 5.53. The molecule has 0 amide bonds. The quantitative estimate of drug-likeness (QED) is 0.867. The van der Waals surface area contributed by atoms with Crippen LogP contribution < -0.4 is 10.5 Å². The average Bonchev–Trinajstić information content (AvgIpc) is 2.80. The first-order valence-electron chi connectivity index (χ1n) is 6.80. The van der Waals surface area contributed by atoms with Crippen LogP contribution in [0.3, 0.4) is 0 Å². The van der Waals surface area contributed by atoms with Gasteiger partial charge in [0.05, 0.1) is 0 Å². The highest BCUT2D eigenvalue weighted by molar-refractivity contribution is 7.99. The average molecular weight is 335 g/mol. The van der Waals surface area contributed by atoms with Gasteiger partial charge >= 0.3 is 0 Å². The van der Waals surface area contributed by atoms with E-state index in [0.717, 1.165) is 29.7 Å². The molecule has 2 atom stereocenters. The van der Waals surface area contributed by atoms with E-state index in [2.05, 4.69) is 11.0 Å². The summed E-state index contributed by atoms with van der Waals surface area (Å²) in [4.78, 5) is 0.941. The molecule has 3 N–H and O–H groups in total. The molecule has 114 valence electrons. The number of nitrogens with two attached hydrogens (primary N) is 1. The van der Waals surface area contributed by atoms with E-state index >= 15 is 0 Å². The first kappa shape index (κ1) is 16.3. The monoisotopic (exact) mass is 334 g/mol. The van der Waals surface area contributed by atoms with Crippen LogP contribution in [-0.2, 0) is 16.6 Å². The lowest BCUT2D eigenvalue weighted by Crippen LogP contribution is -2.38. The maximum atomic E-state index is 12.4. The maximum absolute atomic E-state index is 12.4. The minimum absolute atomic E-state index is 0.0648. The van der Waals surface area contributed by atoms with Crippen LogP contribution >= 0.6 is 23.1 Å². The molecule has 2 unspecified atom stereocenters. The van der Waals surface area contributed by atoms with Crippen molar-refractivity contribution in [3.63, 3.8) is 0 Å². The number of sulfonamides is 1. The predicted octanol–water partition coefficient (Wildman–Crippen LogP) is 2.47. The second-order valence-electron chi connectivity index (χ2n) is 5.22. The van der Waals surface area contributed by atoms with Crippen molar-refractivity contribution in [2.75, 3.05) is 6.26 Å². The third-order valence-corrected chi connectivity index (χ3v) is 8.08. The van der Waals surface area contributed by atoms with Gasteiger partial charge in [-0.3, -0.25) is 0 Å². The van der Waals surface area contributed by atoms with Gasteiger partial charge in [-0.05, 0) is 44.1 Å². The Bertz CT molecular complexity index is 554. The molecule has 0 aliphatic heterocycles. The molecule has 0 saturated heterocycles. The number of hydrogen-bond acceptors (Lipinski definition) is 5. The molecule has 1 aliphatic rings. The van der Waals surface area contributed by atoms with E-state index in [1.807, 2.05) is 18.7 Å². The van der Waals surface area contributed by atoms with Crippen molar-refractivity contribution < 1.29 is 8.42 Å². The van der Waals surface area contributed by atoms with Crippen LogP contribution in [0.4, 0.5) is 0 Å². The van der Waals surface area contributed by atoms with Gasteiger partial charge in [0.15, 0.2) is 0 Å². The first-order chi connectivity index (χ1) is 9.46. The van der Waals surface area contributed by atoms with Gasteiger partial charge in [-0.1, -0.05) is 6.42 Å². The molecule has 0 aromatic carbocycles. The van der Waals surface area contributed by atoms with Crippen molar-refractivity contribution in [3.05, 3.63) is 16.5 Å². The Balaban J connectivity index is 2.10. The van der Waals surface area contributed by atoms with Gasteiger partial charge in [0, 0.05) is 22.7 Å². The lowest BCUT2D eigenvalue weighted by atomic mass is 9.96. The van der Waals surface area contributed by atoms with Crippen molar-refractivity contribution in [2.24, 2.45) is 5.73 Å². The van der Waals surface area contributed by atoms with E-state index in [9.17, 15) is 8.42 Å². The van der Waals surface area contributed by atoms with Gasteiger partial charge in [-0.15, -0.1) is 11.3 Å². The normalized spacial score (nSPS) is 23.9. The topological polar surface area (TPSA) is 72.2 Å². The van der Waals surface area contributed by atoms with Gasteiger partial charge < -0.3 is 5.73 Å². The van der Waals surface area contributed by atoms with E-state index in [1.165, 1.54) is 17.8 Å². The summed E-state index contributed by atoms with van der Waals surface area (Å²) in [5.74, 6) is 0. The van der Waals surface area contributed by atoms with E-state index in [1.54, 1.807) is 6.07 Å². The van der Waals surface area contributed by atoms with Gasteiger partial charge in [0.25, 0.3) is 0 Å². The van der Waals surface area contributed by atoms with Gasteiger partial charge in [-0.25, -0.2) is 13.1 Å². The van der Waals surface area contributed by atoms with Crippen molar-refractivity contribution in [1.29, 1.82) is 0 Å². The highest BCUT2D eigenvalue weighted by Crippen LogP contribution is 2.30. The first-order valence-corrected chi connectivity index (χ1v) is 10.4. The van der Waals surface area contributed by atoms with E-state index in [0.29, 0.717) is 16.0 Å². The molecule has 1 saturated carbocycles. The van der Waals surface area contributed by atoms with E-state index in [4.69, 9.17) is 5.73 Å². The fraction of sp³-hybridized carbons (Fsp3) is 0.692. The molecule has 1 heterocycles. The fourth-order valence-electron chi connectivity index (χ4n) is 2.57. The zero-order chi connectivity index (χ0) is 14.8. The summed E-state index contributed by atoms with van der Waals surface area (Å²) in [6.45, 7) is 2.30. The molecular formula is C13H22N2O2S3. The molecule has 1 aromatic rings. The van der Waals surface area contributed by atoms with Crippen LogP contribution in [-0.4, -0.2) is 26.0 Å². The zero-order valence-corrected chi connectivity index (χ0v) is 14.3. The zero-order valence-electron chi connectivity index (χ0n) is 11.9. The fourth-order valence-corrected chi connectivity index (χ4v) is 6.16. The number of aryl methyl sites for hydroxylation is 1. The SMILES string of the molecule is CSC1CCCC(NS(=O)(=O)c2cc(C)c(CN)s2)C1. The van der Waals surface area contributed by atoms with Gasteiger partial charge in [0.2, 0.25) is 10.0 Å². The van der Waals surface area contributed by atoms with Crippen LogP contribution in [0.5, 0.6) is 0 Å². The summed E-state index contributed by atoms with van der Waals surface area (Å²) in [5.41, 5.74) is 6.58. The Morgan fingerprint density at radius 1 is 1.50 bits per heavy atom. The molecule has 1 aliphatic carbocycles. The lowest BCUT2D eigenvalue weighted by Gasteiger charge is -2.28. The summed E-state index contributed by atoms with van der Waals surface area (Å²) in [7, 11) is -3.40. The van der Waals surface area contributed by atoms with Gasteiger partial charge in [0.1, 0.15) is 4.21 Å². The number of thiophene rings is 1. The number of rotatable bonds is 5. The molecule has 7 heteroatoms. The van der Waals surface area contributed by atoms with E-state index in [-0.39, 0.29) is 6.04 Å². The van der Waals surface area contributed by atoms with Crippen molar-refractivity contribution in [3.8, 4) is 0 Å². The number of hydrogen-bond donors (Lipinski definition) is 2. The molecular weight excluding hydrogens is 312 g/mol. The Hall–Kier alpha value is -0.0800. The minimum Gasteiger partial charge on any atom is -0.326 e. The molecule has 1 aromatic heterocycles. The van der Waals surface area contributed by atoms with E-state index < -0.39 is 10.0 Å². The van der Waals surface area contributed by atoms with Crippen molar-refractivity contribution in [2.45, 2.75) is 54.7 Å². The molecule has 0 radical (unpaired) electrons. The lowest BCUT2D eigenvalue weighted by molar-refractivity contribution is 0.421. The summed E-state index contributed by atoms with van der Waals surface area (Å²) < 4.78 is 28.1. The van der Waals surface area contributed by atoms with Crippen molar-refractivity contribution >= 4 is 33.1 Å². The standard InChI is InChI=1S/C13H22N2O2S3/c1-9-6-13(19-12(9)8-14)20(16,17)15-10-4-3-5-11(7-10)18-2/h6,10-11,15H,3-5,7-8,14H2,1-2H3. The minimum atomic E-state index is -3.40. The van der Waals surface area contributed by atoms with Gasteiger partial charge in [-0.2, -0.15) is 11.8 Å². The largest absolute Gasteiger partial charge is 0.326 e. The molecule has 4 nitrogen and oxygen atoms in total. The van der Waals surface area contributed by atoms with Crippen molar-refractivity contribution in [1.82, 2.24) is 4.72 Å². The second kappa shape index (κ2) is 6.79. The molecule has 20 heavy (non-hydrogen) atoms. The molecule has 0 bridgehead atoms. The summed E-state index contributed by atoms with van der Waals surface area (Å²) >= 11 is 3.11. The van der Waals surface area contributed by atoms with Crippen LogP contribution in [0, 0.1) is 6.92 Å². The smallest absolute Gasteiger partial charge is 0.250 e. The summed E-state index contributed by atoms with van der Waals surface area (Å²) in [6, 6.07) is 1.79. The highest BCUT2D eigenvalue weighted by atomic mass is 32.2. The third-order valence-electron chi connectivity index (χ3n) is 3.73. The van der Waals surface area contributed by atoms with Crippen LogP contribution in [0.25, 0.3) is 0 Å². The molecule has 0 spiro atoms. The molecule has 1 fully saturated rings. The number of nitrogens with one attached hydrogen (secondary N) is 1. The van der Waals surface area contributed by atoms with Crippen LogP contribution in [0.15, 0.2) is 10.3 Å². The highest BCUT2D eigenvalue weighted by Gasteiger charge is 2.27. The predicted molar refractivity (Wildman–Crippen MR) is 86.8 cm³/mol. The Morgan fingerprint density at radius 3 is 2.85 bits per heavy atom. The van der Waals surface area contributed by atoms with Crippen LogP contribution in [0.2, 0.25) is 0 Å². The summed E-state index contributed by atoms with van der Waals surface area (Å²) in [6.07, 6.45) is 6.24. The molecule has 2 rings (SSSR count). The third kappa shape index (κ3) is 3.76. The Morgan fingerprint density at radius 2 is 2.25 bits per heavy atom. The second-order valence-corrected chi connectivity index (χ2v) is 9.43. The summed E-state index contributed by atoms with van der Waals surface area (Å²) in [5, 5.41) is 0.570. The Labute approximate surface area is 129 Å². The number of thioether (sulfide) groups is 1.